The molecule has 6 atom stereocenters. The van der Waals surface area contributed by atoms with Gasteiger partial charge in [0.15, 0.2) is 0 Å². The van der Waals surface area contributed by atoms with Gasteiger partial charge in [-0.1, -0.05) is 24.6 Å². The van der Waals surface area contributed by atoms with Gasteiger partial charge in [-0.2, -0.15) is 5.09 Å². The Bertz CT molecular complexity index is 1310. The van der Waals surface area contributed by atoms with Gasteiger partial charge in [0, 0.05) is 12.3 Å². The molecule has 220 valence electrons. The third kappa shape index (κ3) is 7.28. The summed E-state index contributed by atoms with van der Waals surface area (Å²) in [5.41, 5.74) is -3.34. The standard InChI is InChI=1S/C26H36N3O10P/c1-17(24(32)38-19-9-5-3-6-10-19)28-40(35,39-20-11-7-4-8-12-20)37-16-26(34)15-36-23(22(26)18(2)30)29-14-13-21(31)27-25(29)33/h4,7-8,11-14,17-19,22-23,30,34H,3,5-6,9-10,15-16H2,1-2H3,(H,28,35)(H,27,31,33)/t17?,18?,22?,23-,26?,40?/m1/s1. The van der Waals surface area contributed by atoms with Gasteiger partial charge in [-0.15, -0.1) is 0 Å². The first-order valence-electron chi connectivity index (χ1n) is 13.3. The van der Waals surface area contributed by atoms with Gasteiger partial charge in [-0.3, -0.25) is 23.7 Å². The van der Waals surface area contributed by atoms with E-state index in [4.69, 9.17) is 18.5 Å². The van der Waals surface area contributed by atoms with E-state index in [2.05, 4.69) is 10.1 Å². The highest BCUT2D eigenvalue weighted by Crippen LogP contribution is 2.48. The lowest BCUT2D eigenvalue weighted by Crippen LogP contribution is -2.49. The van der Waals surface area contributed by atoms with E-state index in [-0.39, 0.29) is 11.9 Å². The van der Waals surface area contributed by atoms with E-state index < -0.39 is 68.1 Å². The van der Waals surface area contributed by atoms with Gasteiger partial charge in [-0.25, -0.2) is 9.36 Å². The lowest BCUT2D eigenvalue weighted by Gasteiger charge is -2.33. The fourth-order valence-electron chi connectivity index (χ4n) is 5.05. The van der Waals surface area contributed by atoms with E-state index in [1.165, 1.54) is 20.0 Å². The maximum Gasteiger partial charge on any atom is 0.459 e. The van der Waals surface area contributed by atoms with Crippen molar-refractivity contribution in [3.8, 4) is 5.75 Å². The van der Waals surface area contributed by atoms with Crippen LogP contribution in [0, 0.1) is 5.92 Å². The highest BCUT2D eigenvalue weighted by atomic mass is 31.2. The number of rotatable bonds is 11. The molecule has 1 aromatic carbocycles. The third-order valence-corrected chi connectivity index (χ3v) is 8.69. The molecule has 1 saturated carbocycles. The minimum atomic E-state index is -4.33. The van der Waals surface area contributed by atoms with E-state index >= 15 is 0 Å². The normalized spacial score (nSPS) is 26.5. The summed E-state index contributed by atoms with van der Waals surface area (Å²) in [7, 11) is -4.33. The number of nitrogens with zero attached hydrogens (tertiary/aromatic N) is 1. The van der Waals surface area contributed by atoms with Crippen LogP contribution in [-0.2, 0) is 23.4 Å². The van der Waals surface area contributed by atoms with Crippen molar-refractivity contribution in [1.29, 1.82) is 0 Å². The number of aliphatic hydroxyl groups is 2. The van der Waals surface area contributed by atoms with Crippen LogP contribution in [0.5, 0.6) is 5.75 Å². The number of H-pyrrole nitrogens is 1. The molecule has 14 heteroatoms. The Kier molecular flexibility index (Phi) is 9.65. The monoisotopic (exact) mass is 581 g/mol. The number of aliphatic hydroxyl groups excluding tert-OH is 1. The number of hydrogen-bond donors (Lipinski definition) is 4. The summed E-state index contributed by atoms with van der Waals surface area (Å²) in [6, 6.07) is 8.19. The van der Waals surface area contributed by atoms with Crippen molar-refractivity contribution in [3.05, 3.63) is 63.4 Å². The lowest BCUT2D eigenvalue weighted by molar-refractivity contribution is -0.152. The lowest BCUT2D eigenvalue weighted by atomic mass is 9.85. The predicted octanol–water partition coefficient (Wildman–Crippen LogP) is 1.85. The van der Waals surface area contributed by atoms with Crippen LogP contribution in [-0.4, -0.2) is 62.8 Å². The molecule has 0 radical (unpaired) electrons. The van der Waals surface area contributed by atoms with Crippen LogP contribution in [0.3, 0.4) is 0 Å². The maximum atomic E-state index is 13.9. The fraction of sp³-hybridized carbons (Fsp3) is 0.577. The van der Waals surface area contributed by atoms with Gasteiger partial charge in [-0.05, 0) is 51.7 Å². The molecule has 13 nitrogen and oxygen atoms in total. The molecule has 0 bridgehead atoms. The number of ether oxygens (including phenoxy) is 2. The summed E-state index contributed by atoms with van der Waals surface area (Å²) in [5.74, 6) is -1.56. The number of carbonyl (C=O) groups excluding carboxylic acids is 1. The number of aromatic amines is 1. The zero-order valence-corrected chi connectivity index (χ0v) is 23.3. The van der Waals surface area contributed by atoms with Crippen molar-refractivity contribution in [2.24, 2.45) is 5.92 Å². The average molecular weight is 582 g/mol. The summed E-state index contributed by atoms with van der Waals surface area (Å²) >= 11 is 0. The molecule has 1 aliphatic heterocycles. The second-order valence-electron chi connectivity index (χ2n) is 10.3. The molecule has 0 spiro atoms. The molecule has 40 heavy (non-hydrogen) atoms. The largest absolute Gasteiger partial charge is 0.461 e. The molecule has 0 amide bonds. The van der Waals surface area contributed by atoms with Crippen molar-refractivity contribution in [1.82, 2.24) is 14.6 Å². The zero-order chi connectivity index (χ0) is 28.9. The van der Waals surface area contributed by atoms with Gasteiger partial charge in [0.05, 0.1) is 25.2 Å². The van der Waals surface area contributed by atoms with Crippen LogP contribution >= 0.6 is 7.75 Å². The second-order valence-corrected chi connectivity index (χ2v) is 12.0. The molecule has 4 N–H and O–H groups in total. The highest BCUT2D eigenvalue weighted by molar-refractivity contribution is 7.52. The van der Waals surface area contributed by atoms with E-state index in [9.17, 15) is 29.2 Å². The second kappa shape index (κ2) is 12.8. The molecule has 1 aliphatic carbocycles. The van der Waals surface area contributed by atoms with E-state index in [1.54, 1.807) is 30.3 Å². The van der Waals surface area contributed by atoms with Gasteiger partial charge in [0.2, 0.25) is 0 Å². The fourth-order valence-corrected chi connectivity index (χ4v) is 6.60. The number of esters is 1. The summed E-state index contributed by atoms with van der Waals surface area (Å²) in [6.45, 7) is 1.82. The van der Waals surface area contributed by atoms with Crippen LogP contribution in [0.4, 0.5) is 0 Å². The molecule has 5 unspecified atom stereocenters. The molecule has 2 aliphatic rings. The minimum Gasteiger partial charge on any atom is -0.461 e. The molecule has 2 aromatic rings. The summed E-state index contributed by atoms with van der Waals surface area (Å²) in [4.78, 5) is 38.8. The summed E-state index contributed by atoms with van der Waals surface area (Å²) < 4.78 is 37.6. The molecule has 4 rings (SSSR count). The number of hydrogen-bond acceptors (Lipinski definition) is 10. The van der Waals surface area contributed by atoms with Gasteiger partial charge in [0.1, 0.15) is 29.7 Å². The quantitative estimate of drug-likeness (QED) is 0.225. The number of para-hydroxylation sites is 1. The van der Waals surface area contributed by atoms with Gasteiger partial charge < -0.3 is 24.2 Å². The summed E-state index contributed by atoms with van der Waals surface area (Å²) in [5, 5.41) is 24.6. The first-order valence-corrected chi connectivity index (χ1v) is 14.8. The van der Waals surface area contributed by atoms with Crippen LogP contribution in [0.2, 0.25) is 0 Å². The average Bonchev–Trinajstić information content (AvgIpc) is 3.26. The van der Waals surface area contributed by atoms with E-state index in [0.29, 0.717) is 0 Å². The zero-order valence-electron chi connectivity index (χ0n) is 22.4. The summed E-state index contributed by atoms with van der Waals surface area (Å²) in [6.07, 6.45) is 3.16. The molecule has 1 saturated heterocycles. The number of benzene rings is 1. The van der Waals surface area contributed by atoms with Crippen molar-refractivity contribution < 1.29 is 38.1 Å². The number of aromatic nitrogens is 2. The SMILES string of the molecule is CC(NP(=O)(OCC1(O)CO[C@@H](n2ccc(=O)[nH]c2=O)C1C(C)O)Oc1ccccc1)C(=O)OC1CCCCC1. The predicted molar refractivity (Wildman–Crippen MR) is 143 cm³/mol. The molecule has 2 fully saturated rings. The van der Waals surface area contributed by atoms with Gasteiger partial charge >= 0.3 is 19.4 Å². The Morgan fingerprint density at radius 3 is 2.55 bits per heavy atom. The Labute approximate surface area is 231 Å². The van der Waals surface area contributed by atoms with Crippen LogP contribution in [0.15, 0.2) is 52.2 Å². The smallest absolute Gasteiger partial charge is 0.459 e. The molecular weight excluding hydrogens is 545 g/mol. The molecular formula is C26H36N3O10P. The van der Waals surface area contributed by atoms with Crippen LogP contribution in [0.25, 0.3) is 0 Å². The van der Waals surface area contributed by atoms with Crippen molar-refractivity contribution in [3.63, 3.8) is 0 Å². The first-order chi connectivity index (χ1) is 19.0. The Balaban J connectivity index is 1.52. The van der Waals surface area contributed by atoms with E-state index in [1.807, 2.05) is 0 Å². The van der Waals surface area contributed by atoms with Gasteiger partial charge in [0.25, 0.3) is 5.56 Å². The van der Waals surface area contributed by atoms with E-state index in [0.717, 1.165) is 42.7 Å². The Morgan fingerprint density at radius 1 is 1.20 bits per heavy atom. The topological polar surface area (TPSA) is 178 Å². The maximum absolute atomic E-state index is 13.9. The minimum absolute atomic E-state index is 0.186. The van der Waals surface area contributed by atoms with Crippen molar-refractivity contribution in [2.75, 3.05) is 13.2 Å². The number of nitrogens with one attached hydrogen (secondary N) is 2. The first kappa shape index (κ1) is 30.2. The number of carbonyl (C=O) groups is 1. The van der Waals surface area contributed by atoms with Crippen molar-refractivity contribution >= 4 is 13.7 Å². The van der Waals surface area contributed by atoms with Crippen LogP contribution in [0.1, 0.15) is 52.2 Å². The molecule has 2 heterocycles. The van der Waals surface area contributed by atoms with Crippen molar-refractivity contribution in [2.45, 2.75) is 76.0 Å². The third-order valence-electron chi connectivity index (χ3n) is 7.07. The highest BCUT2D eigenvalue weighted by Gasteiger charge is 2.53. The van der Waals surface area contributed by atoms with Crippen LogP contribution < -0.4 is 20.9 Å². The Morgan fingerprint density at radius 2 is 1.90 bits per heavy atom. The molecule has 1 aromatic heterocycles. The Hall–Kier alpha value is -2.80.